The fourth-order valence-corrected chi connectivity index (χ4v) is 2.06. The molecule has 1 unspecified atom stereocenters. The molecule has 1 aromatic rings. The number of unbranched alkanes of at least 4 members (excludes halogenated alkanes) is 4. The molecule has 0 heterocycles. The zero-order valence-corrected chi connectivity index (χ0v) is 12.4. The van der Waals surface area contributed by atoms with E-state index in [4.69, 9.17) is 21.1 Å². The van der Waals surface area contributed by atoms with Gasteiger partial charge in [0.2, 0.25) is 0 Å². The smallest absolute Gasteiger partial charge is 0.180 e. The number of halogens is 1. The number of ether oxygens (including phenoxy) is 2. The molecule has 0 saturated carbocycles. The summed E-state index contributed by atoms with van der Waals surface area (Å²) in [6.07, 6.45) is 5.07. The highest BCUT2D eigenvalue weighted by molar-refractivity contribution is 6.32. The van der Waals surface area contributed by atoms with Crippen molar-refractivity contribution >= 4 is 11.6 Å². The number of hydrogen-bond acceptors (Lipinski definition) is 3. The van der Waals surface area contributed by atoms with Crippen molar-refractivity contribution in [3.05, 3.63) is 28.8 Å². The summed E-state index contributed by atoms with van der Waals surface area (Å²) in [7, 11) is 1.44. The molecule has 1 aromatic carbocycles. The summed E-state index contributed by atoms with van der Waals surface area (Å²) in [5.74, 6) is 0.657. The van der Waals surface area contributed by atoms with E-state index in [0.29, 0.717) is 22.9 Å². The third kappa shape index (κ3) is 5.81. The first kappa shape index (κ1) is 16.3. The van der Waals surface area contributed by atoms with Crippen molar-refractivity contribution in [1.82, 2.24) is 0 Å². The molecule has 4 heteroatoms. The molecule has 0 saturated heterocycles. The Labute approximate surface area is 120 Å². The van der Waals surface area contributed by atoms with Crippen molar-refractivity contribution in [2.45, 2.75) is 45.3 Å². The molecule has 1 rings (SSSR count). The third-order valence-corrected chi connectivity index (χ3v) is 3.27. The molecule has 0 amide bonds. The second-order valence-electron chi connectivity index (χ2n) is 4.54. The van der Waals surface area contributed by atoms with Crippen LogP contribution in [-0.2, 0) is 4.74 Å². The van der Waals surface area contributed by atoms with Gasteiger partial charge in [0.05, 0.1) is 11.6 Å². The van der Waals surface area contributed by atoms with Crippen LogP contribution in [0.3, 0.4) is 0 Å². The first-order chi connectivity index (χ1) is 9.19. The molecule has 0 aliphatic carbocycles. The standard InChI is InChI=1S/C15H23ClO3/c1-3-4-5-6-7-10-19-14-9-8-12(11-13(14)16)15(17)18-2/h8-9,11,15,17H,3-7,10H2,1-2H3. The van der Waals surface area contributed by atoms with Crippen LogP contribution in [0.4, 0.5) is 0 Å². The Morgan fingerprint density at radius 2 is 1.95 bits per heavy atom. The highest BCUT2D eigenvalue weighted by Crippen LogP contribution is 2.28. The quantitative estimate of drug-likeness (QED) is 0.542. The van der Waals surface area contributed by atoms with Gasteiger partial charge in [-0.15, -0.1) is 0 Å². The van der Waals surface area contributed by atoms with E-state index < -0.39 is 6.29 Å². The summed E-state index contributed by atoms with van der Waals surface area (Å²) in [6.45, 7) is 2.88. The van der Waals surface area contributed by atoms with E-state index in [1.165, 1.54) is 32.8 Å². The van der Waals surface area contributed by atoms with Crippen molar-refractivity contribution in [2.75, 3.05) is 13.7 Å². The third-order valence-electron chi connectivity index (χ3n) is 2.97. The molecule has 1 atom stereocenters. The summed E-state index contributed by atoms with van der Waals surface area (Å²) in [5, 5.41) is 10.0. The fraction of sp³-hybridized carbons (Fsp3) is 0.600. The molecule has 19 heavy (non-hydrogen) atoms. The number of rotatable bonds is 9. The van der Waals surface area contributed by atoms with Gasteiger partial charge in [-0.1, -0.05) is 50.3 Å². The summed E-state index contributed by atoms with van der Waals surface area (Å²) in [5.41, 5.74) is 0.628. The molecule has 0 radical (unpaired) electrons. The minimum absolute atomic E-state index is 0.502. The van der Waals surface area contributed by atoms with Gasteiger partial charge in [0.1, 0.15) is 5.75 Å². The Morgan fingerprint density at radius 1 is 1.21 bits per heavy atom. The van der Waals surface area contributed by atoms with E-state index in [1.54, 1.807) is 18.2 Å². The van der Waals surface area contributed by atoms with Gasteiger partial charge in [0, 0.05) is 12.7 Å². The van der Waals surface area contributed by atoms with Crippen LogP contribution >= 0.6 is 11.6 Å². The van der Waals surface area contributed by atoms with Crippen molar-refractivity contribution in [2.24, 2.45) is 0 Å². The van der Waals surface area contributed by atoms with E-state index in [9.17, 15) is 5.11 Å². The Morgan fingerprint density at radius 3 is 2.58 bits per heavy atom. The van der Waals surface area contributed by atoms with Crippen LogP contribution in [0.15, 0.2) is 18.2 Å². The monoisotopic (exact) mass is 286 g/mol. The first-order valence-electron chi connectivity index (χ1n) is 6.82. The van der Waals surface area contributed by atoms with E-state index >= 15 is 0 Å². The van der Waals surface area contributed by atoms with Gasteiger partial charge < -0.3 is 14.6 Å². The molecule has 1 N–H and O–H groups in total. The van der Waals surface area contributed by atoms with Crippen molar-refractivity contribution in [3.63, 3.8) is 0 Å². The van der Waals surface area contributed by atoms with Gasteiger partial charge in [-0.05, 0) is 18.6 Å². The van der Waals surface area contributed by atoms with Crippen molar-refractivity contribution in [1.29, 1.82) is 0 Å². The van der Waals surface area contributed by atoms with Gasteiger partial charge >= 0.3 is 0 Å². The van der Waals surface area contributed by atoms with Gasteiger partial charge in [0.15, 0.2) is 6.29 Å². The van der Waals surface area contributed by atoms with Gasteiger partial charge in [-0.3, -0.25) is 0 Å². The van der Waals surface area contributed by atoms with Crippen molar-refractivity contribution in [3.8, 4) is 5.75 Å². The Bertz CT molecular complexity index is 368. The topological polar surface area (TPSA) is 38.7 Å². The van der Waals surface area contributed by atoms with Crippen LogP contribution in [0.5, 0.6) is 5.75 Å². The van der Waals surface area contributed by atoms with E-state index in [-0.39, 0.29) is 0 Å². The normalized spacial score (nSPS) is 12.4. The second kappa shape index (κ2) is 9.18. The summed E-state index contributed by atoms with van der Waals surface area (Å²) < 4.78 is 10.5. The number of benzene rings is 1. The summed E-state index contributed by atoms with van der Waals surface area (Å²) in [6, 6.07) is 5.19. The summed E-state index contributed by atoms with van der Waals surface area (Å²) >= 11 is 6.10. The average molecular weight is 287 g/mol. The molecule has 0 aromatic heterocycles. The van der Waals surface area contributed by atoms with E-state index in [1.807, 2.05) is 0 Å². The Kier molecular flexibility index (Phi) is 7.87. The second-order valence-corrected chi connectivity index (χ2v) is 4.95. The lowest BCUT2D eigenvalue weighted by Gasteiger charge is -2.12. The zero-order chi connectivity index (χ0) is 14.1. The Hall–Kier alpha value is -0.770. The zero-order valence-electron chi connectivity index (χ0n) is 11.7. The number of methoxy groups -OCH3 is 1. The molecular formula is C15H23ClO3. The lowest BCUT2D eigenvalue weighted by atomic mass is 10.2. The van der Waals surface area contributed by atoms with Crippen molar-refractivity contribution < 1.29 is 14.6 Å². The molecule has 0 aliphatic rings. The number of aliphatic hydroxyl groups is 1. The number of aliphatic hydroxyl groups excluding tert-OH is 1. The highest BCUT2D eigenvalue weighted by Gasteiger charge is 2.09. The molecule has 3 nitrogen and oxygen atoms in total. The largest absolute Gasteiger partial charge is 0.492 e. The van der Waals surface area contributed by atoms with Gasteiger partial charge in [-0.25, -0.2) is 0 Å². The first-order valence-corrected chi connectivity index (χ1v) is 7.20. The van der Waals surface area contributed by atoms with Gasteiger partial charge in [-0.2, -0.15) is 0 Å². The molecule has 108 valence electrons. The maximum Gasteiger partial charge on any atom is 0.180 e. The van der Waals surface area contributed by atoms with Gasteiger partial charge in [0.25, 0.3) is 0 Å². The molecule has 0 bridgehead atoms. The van der Waals surface area contributed by atoms with Crippen LogP contribution in [0.1, 0.15) is 50.9 Å². The molecular weight excluding hydrogens is 264 g/mol. The van der Waals surface area contributed by atoms with Crippen LogP contribution in [0, 0.1) is 0 Å². The van der Waals surface area contributed by atoms with Crippen LogP contribution < -0.4 is 4.74 Å². The molecule has 0 fully saturated rings. The average Bonchev–Trinajstić information content (AvgIpc) is 2.43. The van der Waals surface area contributed by atoms with Crippen LogP contribution in [0.2, 0.25) is 5.02 Å². The minimum Gasteiger partial charge on any atom is -0.492 e. The predicted molar refractivity (Wildman–Crippen MR) is 77.7 cm³/mol. The lowest BCUT2D eigenvalue weighted by Crippen LogP contribution is -2.01. The lowest BCUT2D eigenvalue weighted by molar-refractivity contribution is -0.0769. The number of hydrogen-bond donors (Lipinski definition) is 1. The van der Waals surface area contributed by atoms with E-state index in [2.05, 4.69) is 6.92 Å². The summed E-state index contributed by atoms with van der Waals surface area (Å²) in [4.78, 5) is 0. The maximum absolute atomic E-state index is 9.52. The predicted octanol–water partition coefficient (Wildman–Crippen LogP) is 4.33. The van der Waals surface area contributed by atoms with Crippen LogP contribution in [-0.4, -0.2) is 18.8 Å². The maximum atomic E-state index is 9.52. The van der Waals surface area contributed by atoms with Crippen LogP contribution in [0.25, 0.3) is 0 Å². The van der Waals surface area contributed by atoms with E-state index in [0.717, 1.165) is 6.42 Å². The molecule has 0 aliphatic heterocycles. The Balaban J connectivity index is 2.38. The highest BCUT2D eigenvalue weighted by atomic mass is 35.5. The molecule has 0 spiro atoms. The SMILES string of the molecule is CCCCCCCOc1ccc(C(O)OC)cc1Cl. The fourth-order valence-electron chi connectivity index (χ4n) is 1.81. The minimum atomic E-state index is -0.944.